The lowest BCUT2D eigenvalue weighted by atomic mass is 9.99. The first-order valence-electron chi connectivity index (χ1n) is 9.90. The number of aliphatic imine (C=N–C) groups is 1. The van der Waals surface area contributed by atoms with Gasteiger partial charge in [0.05, 0.1) is 27.9 Å². The van der Waals surface area contributed by atoms with Crippen LogP contribution >= 0.6 is 24.0 Å². The van der Waals surface area contributed by atoms with Crippen LogP contribution < -0.4 is 24.8 Å². The molecule has 7 heteroatoms. The summed E-state index contributed by atoms with van der Waals surface area (Å²) in [6, 6.07) is 12.4. The fraction of sp³-hybridized carbons (Fsp3) is 0.435. The molecule has 0 saturated heterocycles. The Labute approximate surface area is 197 Å². The summed E-state index contributed by atoms with van der Waals surface area (Å²) in [5.41, 5.74) is 3.51. The van der Waals surface area contributed by atoms with Gasteiger partial charge in [-0.1, -0.05) is 36.8 Å². The molecule has 2 aromatic rings. The Morgan fingerprint density at radius 3 is 2.33 bits per heavy atom. The standard InChI is InChI=1S/C23H33N3O3.HI/c1-7-24-23(25-14-17(3)18-10-8-9-16(2)13-18)26-15-19-11-12-20(27-4)22(29-6)21(19)28-5;/h8-13,17H,7,14-15H2,1-6H3,(H2,24,25,26);1H. The zero-order chi connectivity index (χ0) is 21.2. The van der Waals surface area contributed by atoms with Gasteiger partial charge in [-0.2, -0.15) is 0 Å². The highest BCUT2D eigenvalue weighted by Crippen LogP contribution is 2.39. The van der Waals surface area contributed by atoms with Crippen LogP contribution in [0.15, 0.2) is 41.4 Å². The number of rotatable bonds is 9. The maximum Gasteiger partial charge on any atom is 0.203 e. The van der Waals surface area contributed by atoms with Crippen LogP contribution in [0.2, 0.25) is 0 Å². The number of methoxy groups -OCH3 is 3. The van der Waals surface area contributed by atoms with Crippen LogP contribution in [0.5, 0.6) is 17.2 Å². The molecule has 2 aromatic carbocycles. The molecule has 0 heterocycles. The summed E-state index contributed by atoms with van der Waals surface area (Å²) in [5.74, 6) is 2.99. The lowest BCUT2D eigenvalue weighted by Gasteiger charge is -2.17. The molecule has 0 spiro atoms. The molecule has 166 valence electrons. The summed E-state index contributed by atoms with van der Waals surface area (Å²) in [5, 5.41) is 6.74. The third kappa shape index (κ3) is 6.97. The summed E-state index contributed by atoms with van der Waals surface area (Å²) in [7, 11) is 4.83. The molecule has 2 N–H and O–H groups in total. The van der Waals surface area contributed by atoms with Crippen molar-refractivity contribution < 1.29 is 14.2 Å². The number of hydrogen-bond acceptors (Lipinski definition) is 4. The number of nitrogens with zero attached hydrogens (tertiary/aromatic N) is 1. The number of aryl methyl sites for hydroxylation is 1. The van der Waals surface area contributed by atoms with Crippen molar-refractivity contribution in [1.29, 1.82) is 0 Å². The van der Waals surface area contributed by atoms with E-state index in [1.165, 1.54) is 11.1 Å². The Kier molecular flexibility index (Phi) is 11.4. The summed E-state index contributed by atoms with van der Waals surface area (Å²) in [6.07, 6.45) is 0. The molecule has 1 atom stereocenters. The Hall–Kier alpha value is -2.16. The van der Waals surface area contributed by atoms with E-state index in [1.54, 1.807) is 21.3 Å². The highest BCUT2D eigenvalue weighted by molar-refractivity contribution is 14.0. The van der Waals surface area contributed by atoms with E-state index in [1.807, 2.05) is 12.1 Å². The molecule has 0 bridgehead atoms. The minimum Gasteiger partial charge on any atom is -0.493 e. The minimum atomic E-state index is 0. The van der Waals surface area contributed by atoms with E-state index in [0.717, 1.165) is 24.6 Å². The van der Waals surface area contributed by atoms with Crippen molar-refractivity contribution >= 4 is 29.9 Å². The van der Waals surface area contributed by atoms with Gasteiger partial charge in [0.2, 0.25) is 5.75 Å². The van der Waals surface area contributed by atoms with E-state index in [0.29, 0.717) is 29.7 Å². The van der Waals surface area contributed by atoms with Crippen LogP contribution in [0.1, 0.15) is 36.5 Å². The Morgan fingerprint density at radius 1 is 1.00 bits per heavy atom. The maximum absolute atomic E-state index is 5.55. The van der Waals surface area contributed by atoms with Crippen LogP contribution in [0.4, 0.5) is 0 Å². The van der Waals surface area contributed by atoms with Gasteiger partial charge in [0, 0.05) is 18.7 Å². The Balaban J connectivity index is 0.00000450. The minimum absolute atomic E-state index is 0. The summed E-state index contributed by atoms with van der Waals surface area (Å²) in [4.78, 5) is 4.72. The number of ether oxygens (including phenoxy) is 3. The summed E-state index contributed by atoms with van der Waals surface area (Å²) in [6.45, 7) is 8.41. The second-order valence-corrected chi connectivity index (χ2v) is 6.88. The summed E-state index contributed by atoms with van der Waals surface area (Å²) >= 11 is 0. The van der Waals surface area contributed by atoms with Crippen molar-refractivity contribution in [1.82, 2.24) is 10.6 Å². The summed E-state index contributed by atoms with van der Waals surface area (Å²) < 4.78 is 16.4. The first-order chi connectivity index (χ1) is 14.0. The molecule has 0 aromatic heterocycles. The molecule has 6 nitrogen and oxygen atoms in total. The highest BCUT2D eigenvalue weighted by Gasteiger charge is 2.15. The van der Waals surface area contributed by atoms with Crippen molar-refractivity contribution in [2.75, 3.05) is 34.4 Å². The smallest absolute Gasteiger partial charge is 0.203 e. The second-order valence-electron chi connectivity index (χ2n) is 6.88. The highest BCUT2D eigenvalue weighted by atomic mass is 127. The molecule has 0 amide bonds. The van der Waals surface area contributed by atoms with Crippen LogP contribution in [0.25, 0.3) is 0 Å². The number of hydrogen-bond donors (Lipinski definition) is 2. The topological polar surface area (TPSA) is 64.1 Å². The quantitative estimate of drug-likeness (QED) is 0.286. The van der Waals surface area contributed by atoms with Crippen molar-refractivity contribution in [3.8, 4) is 17.2 Å². The fourth-order valence-corrected chi connectivity index (χ4v) is 3.14. The average Bonchev–Trinajstić information content (AvgIpc) is 2.74. The number of benzene rings is 2. The number of halogens is 1. The van der Waals surface area contributed by atoms with Gasteiger partial charge < -0.3 is 24.8 Å². The third-order valence-electron chi connectivity index (χ3n) is 4.72. The van der Waals surface area contributed by atoms with E-state index in [9.17, 15) is 0 Å². The van der Waals surface area contributed by atoms with Crippen LogP contribution in [-0.4, -0.2) is 40.4 Å². The van der Waals surface area contributed by atoms with E-state index in [2.05, 4.69) is 55.7 Å². The monoisotopic (exact) mass is 527 g/mol. The average molecular weight is 527 g/mol. The Bertz CT molecular complexity index is 827. The molecule has 1 unspecified atom stereocenters. The lowest BCUT2D eigenvalue weighted by Crippen LogP contribution is -2.39. The molecular formula is C23H34IN3O3. The molecule has 0 fully saturated rings. The normalized spacial score (nSPS) is 11.9. The van der Waals surface area contributed by atoms with Gasteiger partial charge in [0.25, 0.3) is 0 Å². The molecule has 0 aliphatic rings. The van der Waals surface area contributed by atoms with Crippen LogP contribution in [-0.2, 0) is 6.54 Å². The lowest BCUT2D eigenvalue weighted by molar-refractivity contribution is 0.322. The van der Waals surface area contributed by atoms with Gasteiger partial charge in [-0.3, -0.25) is 0 Å². The molecule has 0 aliphatic heterocycles. The van der Waals surface area contributed by atoms with E-state index in [-0.39, 0.29) is 24.0 Å². The fourth-order valence-electron chi connectivity index (χ4n) is 3.14. The van der Waals surface area contributed by atoms with Crippen molar-refractivity contribution in [2.24, 2.45) is 4.99 Å². The maximum atomic E-state index is 5.55. The molecule has 2 rings (SSSR count). The SMILES string of the molecule is CCNC(=NCc1ccc(OC)c(OC)c1OC)NCC(C)c1cccc(C)c1.I. The van der Waals surface area contributed by atoms with Gasteiger partial charge in [-0.25, -0.2) is 4.99 Å². The Morgan fingerprint density at radius 2 is 1.73 bits per heavy atom. The number of nitrogens with one attached hydrogen (secondary N) is 2. The molecular weight excluding hydrogens is 493 g/mol. The third-order valence-corrected chi connectivity index (χ3v) is 4.72. The zero-order valence-corrected chi connectivity index (χ0v) is 21.1. The van der Waals surface area contributed by atoms with Gasteiger partial charge in [-0.15, -0.1) is 24.0 Å². The van der Waals surface area contributed by atoms with Crippen LogP contribution in [0, 0.1) is 6.92 Å². The first-order valence-corrected chi connectivity index (χ1v) is 9.90. The molecule has 0 radical (unpaired) electrons. The van der Waals surface area contributed by atoms with E-state index in [4.69, 9.17) is 19.2 Å². The van der Waals surface area contributed by atoms with Gasteiger partial charge in [-0.05, 0) is 37.5 Å². The predicted octanol–water partition coefficient (Wildman–Crippen LogP) is 4.50. The molecule has 0 aliphatic carbocycles. The van der Waals surface area contributed by atoms with Gasteiger partial charge in [0.15, 0.2) is 17.5 Å². The van der Waals surface area contributed by atoms with Gasteiger partial charge in [0.1, 0.15) is 0 Å². The molecule has 0 saturated carbocycles. The zero-order valence-electron chi connectivity index (χ0n) is 18.7. The van der Waals surface area contributed by atoms with Crippen molar-refractivity contribution in [3.05, 3.63) is 53.1 Å². The van der Waals surface area contributed by atoms with E-state index < -0.39 is 0 Å². The number of guanidine groups is 1. The van der Waals surface area contributed by atoms with Crippen molar-refractivity contribution in [2.45, 2.75) is 33.2 Å². The largest absolute Gasteiger partial charge is 0.493 e. The first kappa shape index (κ1) is 25.9. The molecule has 30 heavy (non-hydrogen) atoms. The van der Waals surface area contributed by atoms with Gasteiger partial charge >= 0.3 is 0 Å². The van der Waals surface area contributed by atoms with Crippen LogP contribution in [0.3, 0.4) is 0 Å². The predicted molar refractivity (Wildman–Crippen MR) is 134 cm³/mol. The second kappa shape index (κ2) is 13.2. The van der Waals surface area contributed by atoms with Crippen molar-refractivity contribution in [3.63, 3.8) is 0 Å². The van der Waals surface area contributed by atoms with E-state index >= 15 is 0 Å².